The molecule has 18 heavy (non-hydrogen) atoms. The van der Waals surface area contributed by atoms with Gasteiger partial charge in [0.05, 0.1) is 5.92 Å². The minimum Gasteiger partial charge on any atom is -0.461 e. The van der Waals surface area contributed by atoms with Crippen molar-refractivity contribution in [2.24, 2.45) is 17.3 Å². The van der Waals surface area contributed by atoms with E-state index in [1.807, 2.05) is 27.7 Å². The maximum absolute atomic E-state index is 11.7. The Balaban J connectivity index is 4.71. The third kappa shape index (κ3) is 5.84. The highest BCUT2D eigenvalue weighted by molar-refractivity contribution is 6.32. The van der Waals surface area contributed by atoms with Crippen LogP contribution in [0.25, 0.3) is 0 Å². The number of carbonyl (C=O) groups is 1. The maximum atomic E-state index is 11.7. The lowest BCUT2D eigenvalue weighted by atomic mass is 9.81. The summed E-state index contributed by atoms with van der Waals surface area (Å²) in [5.74, 6) is -0.333. The molecule has 5 nitrogen and oxygen atoms in total. The Bertz CT molecular complexity index is 263. The van der Waals surface area contributed by atoms with Crippen LogP contribution in [0.1, 0.15) is 41.5 Å². The lowest BCUT2D eigenvalue weighted by Crippen LogP contribution is -2.43. The topological polar surface area (TPSA) is 76.0 Å². The molecule has 0 spiro atoms. The van der Waals surface area contributed by atoms with Crippen molar-refractivity contribution < 1.29 is 24.2 Å². The molecular formula is C12H25BO5. The van der Waals surface area contributed by atoms with Crippen molar-refractivity contribution in [3.8, 4) is 0 Å². The molecule has 6 heteroatoms. The van der Waals surface area contributed by atoms with Gasteiger partial charge in [0, 0.05) is 12.0 Å². The smallest absolute Gasteiger partial charge is 0.461 e. The largest absolute Gasteiger partial charge is 0.633 e. The van der Waals surface area contributed by atoms with E-state index in [2.05, 4.69) is 0 Å². The van der Waals surface area contributed by atoms with E-state index >= 15 is 0 Å². The van der Waals surface area contributed by atoms with E-state index in [0.717, 1.165) is 0 Å². The number of esters is 1. The predicted octanol–water partition coefficient (Wildman–Crippen LogP) is 1.22. The monoisotopic (exact) mass is 260 g/mol. The highest BCUT2D eigenvalue weighted by Gasteiger charge is 2.36. The molecule has 0 fully saturated rings. The van der Waals surface area contributed by atoms with Crippen LogP contribution >= 0.6 is 0 Å². The van der Waals surface area contributed by atoms with E-state index < -0.39 is 12.7 Å². The van der Waals surface area contributed by atoms with Gasteiger partial charge in [-0.25, -0.2) is 0 Å². The average molecular weight is 260 g/mol. The predicted molar refractivity (Wildman–Crippen MR) is 69.5 cm³/mol. The molecule has 0 saturated carbocycles. The number of ether oxygens (including phenoxy) is 1. The first-order valence-electron chi connectivity index (χ1n) is 6.26. The van der Waals surface area contributed by atoms with Gasteiger partial charge in [0.25, 0.3) is 0 Å². The van der Waals surface area contributed by atoms with Crippen molar-refractivity contribution in [2.75, 3.05) is 6.61 Å². The summed E-state index contributed by atoms with van der Waals surface area (Å²) in [7, 11) is -1.81. The van der Waals surface area contributed by atoms with Gasteiger partial charge in [0.2, 0.25) is 0 Å². The van der Waals surface area contributed by atoms with E-state index in [1.165, 1.54) is 0 Å². The summed E-state index contributed by atoms with van der Waals surface area (Å²) in [6, 6.07) is 0. The molecule has 0 saturated heterocycles. The summed E-state index contributed by atoms with van der Waals surface area (Å²) in [4.78, 5) is 11.7. The Morgan fingerprint density at radius 3 is 2.06 bits per heavy atom. The molecule has 0 radical (unpaired) electrons. The first kappa shape index (κ1) is 17.4. The van der Waals surface area contributed by atoms with E-state index in [4.69, 9.17) is 19.4 Å². The molecule has 0 aliphatic carbocycles. The molecule has 0 aliphatic rings. The summed E-state index contributed by atoms with van der Waals surface area (Å²) < 4.78 is 10.3. The second-order valence-electron chi connectivity index (χ2n) is 5.88. The minimum absolute atomic E-state index is 0.0961. The minimum atomic E-state index is -1.81. The molecule has 0 rings (SSSR count). The van der Waals surface area contributed by atoms with Crippen LogP contribution in [0.4, 0.5) is 0 Å². The van der Waals surface area contributed by atoms with Crippen LogP contribution in [-0.4, -0.2) is 36.0 Å². The third-order valence-corrected chi connectivity index (χ3v) is 2.69. The summed E-state index contributed by atoms with van der Waals surface area (Å²) in [6.45, 7) is 11.3. The Labute approximate surface area is 110 Å². The van der Waals surface area contributed by atoms with Gasteiger partial charge in [-0.05, 0) is 5.92 Å². The fourth-order valence-corrected chi connectivity index (χ4v) is 1.83. The SMILES string of the molecule is CC(C)C(=O)OC(C(C)C)C(C)(C)COB(O)O. The molecule has 0 aromatic rings. The average Bonchev–Trinajstić information content (AvgIpc) is 2.21. The van der Waals surface area contributed by atoms with E-state index in [1.54, 1.807) is 13.8 Å². The fraction of sp³-hybridized carbons (Fsp3) is 0.917. The highest BCUT2D eigenvalue weighted by atomic mass is 16.6. The Morgan fingerprint density at radius 1 is 1.22 bits per heavy atom. The Kier molecular flexibility index (Phi) is 6.88. The number of hydrogen-bond acceptors (Lipinski definition) is 5. The summed E-state index contributed by atoms with van der Waals surface area (Å²) in [6.07, 6.45) is -0.342. The van der Waals surface area contributed by atoms with Gasteiger partial charge < -0.3 is 19.4 Å². The fourth-order valence-electron chi connectivity index (χ4n) is 1.83. The van der Waals surface area contributed by atoms with E-state index in [-0.39, 0.29) is 30.5 Å². The van der Waals surface area contributed by atoms with Crippen LogP contribution in [0.2, 0.25) is 0 Å². The van der Waals surface area contributed by atoms with Gasteiger partial charge in [-0.2, -0.15) is 0 Å². The van der Waals surface area contributed by atoms with Gasteiger partial charge in [-0.1, -0.05) is 41.5 Å². The van der Waals surface area contributed by atoms with Crippen LogP contribution < -0.4 is 0 Å². The molecule has 0 aromatic heterocycles. The van der Waals surface area contributed by atoms with Crippen molar-refractivity contribution in [3.05, 3.63) is 0 Å². The van der Waals surface area contributed by atoms with Crippen LogP contribution in [0.15, 0.2) is 0 Å². The van der Waals surface area contributed by atoms with Crippen molar-refractivity contribution in [1.29, 1.82) is 0 Å². The lowest BCUT2D eigenvalue weighted by Gasteiger charge is -2.36. The normalized spacial score (nSPS) is 13.9. The summed E-state index contributed by atoms with van der Waals surface area (Å²) in [5.41, 5.74) is -0.498. The quantitative estimate of drug-likeness (QED) is 0.531. The first-order chi connectivity index (χ1) is 8.08. The second kappa shape index (κ2) is 7.11. The molecule has 0 aromatic carbocycles. The van der Waals surface area contributed by atoms with Crippen LogP contribution in [0.3, 0.4) is 0 Å². The molecule has 0 amide bonds. The zero-order chi connectivity index (χ0) is 14.5. The number of carbonyl (C=O) groups excluding carboxylic acids is 1. The zero-order valence-corrected chi connectivity index (χ0v) is 12.1. The van der Waals surface area contributed by atoms with Gasteiger partial charge in [0.15, 0.2) is 0 Å². The number of rotatable bonds is 7. The van der Waals surface area contributed by atoms with Crippen LogP contribution in [0, 0.1) is 17.3 Å². The van der Waals surface area contributed by atoms with Crippen LogP contribution in [0.5, 0.6) is 0 Å². The highest BCUT2D eigenvalue weighted by Crippen LogP contribution is 2.30. The van der Waals surface area contributed by atoms with Crippen LogP contribution in [-0.2, 0) is 14.2 Å². The van der Waals surface area contributed by atoms with E-state index in [9.17, 15) is 4.79 Å². The van der Waals surface area contributed by atoms with Gasteiger partial charge >= 0.3 is 13.3 Å². The molecule has 0 heterocycles. The lowest BCUT2D eigenvalue weighted by molar-refractivity contribution is -0.164. The van der Waals surface area contributed by atoms with Gasteiger partial charge in [0.1, 0.15) is 6.10 Å². The molecule has 1 unspecified atom stereocenters. The molecule has 106 valence electrons. The molecular weight excluding hydrogens is 235 g/mol. The molecule has 0 aliphatic heterocycles. The van der Waals surface area contributed by atoms with Crippen molar-refractivity contribution in [1.82, 2.24) is 0 Å². The summed E-state index contributed by atoms with van der Waals surface area (Å²) in [5, 5.41) is 17.5. The standard InChI is InChI=1S/C12H25BO5/c1-8(2)10(18-11(14)9(3)4)12(5,6)7-17-13(15)16/h8-10,15-16H,7H2,1-6H3. The van der Waals surface area contributed by atoms with E-state index in [0.29, 0.717) is 0 Å². The second-order valence-corrected chi connectivity index (χ2v) is 5.88. The Morgan fingerprint density at radius 2 is 1.72 bits per heavy atom. The van der Waals surface area contributed by atoms with Crippen molar-refractivity contribution >= 4 is 13.3 Å². The summed E-state index contributed by atoms with van der Waals surface area (Å²) >= 11 is 0. The van der Waals surface area contributed by atoms with Crippen molar-refractivity contribution in [3.63, 3.8) is 0 Å². The molecule has 2 N–H and O–H groups in total. The van der Waals surface area contributed by atoms with Crippen molar-refractivity contribution in [2.45, 2.75) is 47.6 Å². The van der Waals surface area contributed by atoms with Gasteiger partial charge in [-0.15, -0.1) is 0 Å². The number of hydrogen-bond donors (Lipinski definition) is 2. The Hall–Kier alpha value is -0.585. The van der Waals surface area contributed by atoms with Gasteiger partial charge in [-0.3, -0.25) is 4.79 Å². The first-order valence-corrected chi connectivity index (χ1v) is 6.26. The molecule has 1 atom stereocenters. The third-order valence-electron chi connectivity index (χ3n) is 2.69. The zero-order valence-electron chi connectivity index (χ0n) is 12.1. The maximum Gasteiger partial charge on any atom is 0.633 e. The molecule has 0 bridgehead atoms.